The number of sulfonamides is 1. The SMILES string of the molecule is CCCOC(=O)[C@@H]1C2=C(NNS(=O)(=O)c3ccc(OC)cc3)CC(c3ccc(O)cc32)[C@H]1C(=O)OCC[Si](C)(C)C. The van der Waals surface area contributed by atoms with E-state index in [9.17, 15) is 23.1 Å². The van der Waals surface area contributed by atoms with Gasteiger partial charge in [0.05, 0.1) is 37.1 Å². The van der Waals surface area contributed by atoms with Gasteiger partial charge in [0, 0.05) is 19.7 Å². The molecule has 2 aromatic carbocycles. The zero-order chi connectivity index (χ0) is 29.9. The Morgan fingerprint density at radius 3 is 2.34 bits per heavy atom. The first-order valence-electron chi connectivity index (χ1n) is 13.7. The van der Waals surface area contributed by atoms with Crippen LogP contribution in [0.2, 0.25) is 25.7 Å². The van der Waals surface area contributed by atoms with Crippen LogP contribution < -0.4 is 15.0 Å². The average Bonchev–Trinajstić information content (AvgIpc) is 2.93. The maximum Gasteiger partial charge on any atom is 0.314 e. The van der Waals surface area contributed by atoms with Crippen LogP contribution in [0, 0.1) is 11.8 Å². The minimum absolute atomic E-state index is 0.0122. The van der Waals surface area contributed by atoms with Crippen LogP contribution in [0.15, 0.2) is 53.1 Å². The molecule has 222 valence electrons. The fourth-order valence-electron chi connectivity index (χ4n) is 5.26. The fraction of sp³-hybridized carbons (Fsp3) is 0.448. The number of ether oxygens (including phenoxy) is 3. The van der Waals surface area contributed by atoms with Crippen molar-refractivity contribution in [2.45, 2.75) is 56.3 Å². The van der Waals surface area contributed by atoms with E-state index in [1.807, 2.05) is 6.92 Å². The number of methoxy groups -OCH3 is 1. The van der Waals surface area contributed by atoms with E-state index in [0.717, 1.165) is 11.6 Å². The number of aromatic hydroxyl groups is 1. The third-order valence-electron chi connectivity index (χ3n) is 7.36. The fourth-order valence-corrected chi connectivity index (χ4v) is 6.85. The molecule has 0 spiro atoms. The van der Waals surface area contributed by atoms with E-state index in [4.69, 9.17) is 14.2 Å². The zero-order valence-corrected chi connectivity index (χ0v) is 25.8. The molecule has 2 aromatic rings. The molecule has 5 rings (SSSR count). The molecular weight excluding hydrogens is 564 g/mol. The number of hydrazine groups is 1. The number of hydrogen-bond acceptors (Lipinski definition) is 9. The van der Waals surface area contributed by atoms with Gasteiger partial charge in [0.15, 0.2) is 0 Å². The standard InChI is InChI=1S/C29H38N2O8SSi/c1-6-13-38-29(34)27-25-22-16-18(32)7-12-21(22)23(26(27)28(33)39-14-15-41(3,4)5)17-24(25)30-31-40(35,36)20-10-8-19(37-2)9-11-20/h7-12,16,23,26-27,30-32H,6,13-15,17H2,1-5H3/t23?,26-,27-/m1/s1. The Kier molecular flexibility index (Phi) is 9.15. The van der Waals surface area contributed by atoms with Crippen LogP contribution in [0.5, 0.6) is 11.5 Å². The van der Waals surface area contributed by atoms with Crippen molar-refractivity contribution < 1.29 is 37.3 Å². The van der Waals surface area contributed by atoms with Gasteiger partial charge in [0.25, 0.3) is 10.0 Å². The van der Waals surface area contributed by atoms with Crippen molar-refractivity contribution in [1.82, 2.24) is 10.3 Å². The molecule has 0 saturated heterocycles. The van der Waals surface area contributed by atoms with Gasteiger partial charge in [-0.2, -0.15) is 0 Å². The van der Waals surface area contributed by atoms with E-state index >= 15 is 0 Å². The number of allylic oxidation sites excluding steroid dienone is 1. The number of phenolic OH excluding ortho intramolecular Hbond substituents is 1. The molecule has 10 nitrogen and oxygen atoms in total. The van der Waals surface area contributed by atoms with Gasteiger partial charge in [-0.25, -0.2) is 8.42 Å². The predicted molar refractivity (Wildman–Crippen MR) is 156 cm³/mol. The normalized spacial score (nSPS) is 19.9. The topological polar surface area (TPSA) is 140 Å². The summed E-state index contributed by atoms with van der Waals surface area (Å²) in [6.45, 7) is 8.87. The Labute approximate surface area is 242 Å². The highest BCUT2D eigenvalue weighted by atomic mass is 32.2. The Hall–Kier alpha value is -3.35. The predicted octanol–water partition coefficient (Wildman–Crippen LogP) is 4.16. The molecule has 3 aliphatic rings. The summed E-state index contributed by atoms with van der Waals surface area (Å²) in [5.74, 6) is -2.98. The Morgan fingerprint density at radius 1 is 1.02 bits per heavy atom. The maximum atomic E-state index is 13.6. The Bertz CT molecular complexity index is 1430. The number of phenols is 1. The summed E-state index contributed by atoms with van der Waals surface area (Å²) in [5.41, 5.74) is 5.00. The lowest BCUT2D eigenvalue weighted by Gasteiger charge is -2.44. The molecule has 0 aromatic heterocycles. The highest BCUT2D eigenvalue weighted by molar-refractivity contribution is 7.89. The second kappa shape index (κ2) is 12.3. The van der Waals surface area contributed by atoms with Gasteiger partial charge >= 0.3 is 11.9 Å². The van der Waals surface area contributed by atoms with E-state index in [0.29, 0.717) is 29.0 Å². The van der Waals surface area contributed by atoms with Crippen molar-refractivity contribution in [2.75, 3.05) is 20.3 Å². The van der Waals surface area contributed by atoms with Gasteiger partial charge in [-0.15, -0.1) is 4.83 Å². The van der Waals surface area contributed by atoms with Gasteiger partial charge in [-0.3, -0.25) is 9.59 Å². The van der Waals surface area contributed by atoms with Crippen LogP contribution in [0.3, 0.4) is 0 Å². The summed E-state index contributed by atoms with van der Waals surface area (Å²) in [4.78, 5) is 29.5. The second-order valence-corrected chi connectivity index (χ2v) is 18.8. The van der Waals surface area contributed by atoms with Gasteiger partial charge in [0.2, 0.25) is 0 Å². The number of benzene rings is 2. The largest absolute Gasteiger partial charge is 0.508 e. The third kappa shape index (κ3) is 6.76. The number of carbonyl (C=O) groups excluding carboxylic acids is 2. The summed E-state index contributed by atoms with van der Waals surface area (Å²) in [5, 5.41) is 10.3. The van der Waals surface area contributed by atoms with E-state index in [1.54, 1.807) is 6.07 Å². The van der Waals surface area contributed by atoms with Crippen molar-refractivity contribution >= 4 is 35.6 Å². The monoisotopic (exact) mass is 602 g/mol. The van der Waals surface area contributed by atoms with Crippen LogP contribution in [0.4, 0.5) is 0 Å². The van der Waals surface area contributed by atoms with E-state index in [1.165, 1.54) is 43.5 Å². The molecule has 0 amide bonds. The molecule has 0 aliphatic heterocycles. The summed E-state index contributed by atoms with van der Waals surface area (Å²) in [6.07, 6.45) is 0.847. The molecule has 0 saturated carbocycles. The summed E-state index contributed by atoms with van der Waals surface area (Å²) < 4.78 is 42.5. The van der Waals surface area contributed by atoms with Crippen LogP contribution in [0.25, 0.3) is 5.57 Å². The van der Waals surface area contributed by atoms with Crippen LogP contribution in [-0.4, -0.2) is 53.9 Å². The Morgan fingerprint density at radius 2 is 1.71 bits per heavy atom. The number of esters is 2. The zero-order valence-electron chi connectivity index (χ0n) is 24.0. The van der Waals surface area contributed by atoms with Crippen molar-refractivity contribution in [2.24, 2.45) is 11.8 Å². The summed E-state index contributed by atoms with van der Waals surface area (Å²) in [7, 11) is -3.98. The van der Waals surface area contributed by atoms with Gasteiger partial charge in [-0.05, 0) is 72.0 Å². The molecule has 3 atom stereocenters. The highest BCUT2D eigenvalue weighted by Crippen LogP contribution is 2.55. The molecule has 3 N–H and O–H groups in total. The van der Waals surface area contributed by atoms with E-state index < -0.39 is 47.8 Å². The Balaban J connectivity index is 1.72. The minimum atomic E-state index is -4.00. The molecule has 1 unspecified atom stereocenters. The molecule has 3 aliphatic carbocycles. The third-order valence-corrected chi connectivity index (χ3v) is 10.3. The van der Waals surface area contributed by atoms with Crippen LogP contribution >= 0.6 is 0 Å². The first kappa shape index (κ1) is 30.6. The average molecular weight is 603 g/mol. The lowest BCUT2D eigenvalue weighted by Crippen LogP contribution is -2.48. The van der Waals surface area contributed by atoms with Gasteiger partial charge in [0.1, 0.15) is 11.5 Å². The first-order chi connectivity index (χ1) is 19.4. The molecular formula is C29H38N2O8SSi. The van der Waals surface area contributed by atoms with Gasteiger partial charge in [-0.1, -0.05) is 32.6 Å². The van der Waals surface area contributed by atoms with E-state index in [2.05, 4.69) is 29.9 Å². The molecule has 12 heteroatoms. The van der Waals surface area contributed by atoms with Gasteiger partial charge < -0.3 is 24.7 Å². The van der Waals surface area contributed by atoms with Crippen molar-refractivity contribution in [1.29, 1.82) is 0 Å². The number of nitrogens with one attached hydrogen (secondary N) is 2. The summed E-state index contributed by atoms with van der Waals surface area (Å²) in [6, 6.07) is 11.5. The highest BCUT2D eigenvalue weighted by Gasteiger charge is 2.53. The molecule has 2 bridgehead atoms. The number of hydrogen-bond donors (Lipinski definition) is 3. The van der Waals surface area contributed by atoms with Crippen LogP contribution in [0.1, 0.15) is 36.8 Å². The smallest absolute Gasteiger partial charge is 0.314 e. The lowest BCUT2D eigenvalue weighted by atomic mass is 9.60. The molecule has 0 radical (unpaired) electrons. The molecule has 0 heterocycles. The van der Waals surface area contributed by atoms with Crippen molar-refractivity contribution in [3.63, 3.8) is 0 Å². The number of carbonyl (C=O) groups is 2. The molecule has 41 heavy (non-hydrogen) atoms. The quantitative estimate of drug-likeness (QED) is 0.186. The number of fused-ring (bicyclic) bond motifs is 2. The second-order valence-electron chi connectivity index (χ2n) is 11.5. The van der Waals surface area contributed by atoms with E-state index in [-0.39, 0.29) is 30.3 Å². The first-order valence-corrected chi connectivity index (χ1v) is 18.9. The maximum absolute atomic E-state index is 13.6. The summed E-state index contributed by atoms with van der Waals surface area (Å²) >= 11 is 0. The number of rotatable bonds is 12. The van der Waals surface area contributed by atoms with Crippen LogP contribution in [-0.2, 0) is 29.1 Å². The van der Waals surface area contributed by atoms with Crippen molar-refractivity contribution in [3.05, 3.63) is 59.3 Å². The molecule has 0 fully saturated rings. The van der Waals surface area contributed by atoms with Crippen molar-refractivity contribution in [3.8, 4) is 11.5 Å². The minimum Gasteiger partial charge on any atom is -0.508 e. The lowest BCUT2D eigenvalue weighted by molar-refractivity contribution is -0.159.